The normalized spacial score (nSPS) is 16.7. The fourth-order valence-corrected chi connectivity index (χ4v) is 5.60. The van der Waals surface area contributed by atoms with Crippen LogP contribution in [-0.4, -0.2) is 49.4 Å². The standard InChI is InChI=1S/C26H32N6O3S/c1-3-24(25-28-29-30-32(25)16-21-7-5-11-35-21)31(17-22-8-6-12-36-22)15-19-13-18-14-20(34-4-2)9-10-23(18)27-26(19)33/h6,8-10,12-14,21,24H,3-5,7,11,15-17H2,1-2H3,(H,27,33)/t21-,24-/m1/s1. The molecule has 0 unspecified atom stereocenters. The molecule has 0 amide bonds. The van der Waals surface area contributed by atoms with Crippen LogP contribution in [0.4, 0.5) is 0 Å². The number of pyridine rings is 1. The van der Waals surface area contributed by atoms with Gasteiger partial charge in [-0.15, -0.1) is 16.4 Å². The van der Waals surface area contributed by atoms with Crippen LogP contribution in [0, 0.1) is 0 Å². The van der Waals surface area contributed by atoms with Crippen molar-refractivity contribution in [3.63, 3.8) is 0 Å². The summed E-state index contributed by atoms with van der Waals surface area (Å²) in [5.74, 6) is 1.60. The summed E-state index contributed by atoms with van der Waals surface area (Å²) < 4.78 is 13.4. The van der Waals surface area contributed by atoms with Crippen LogP contribution in [0.1, 0.15) is 55.4 Å². The first-order valence-corrected chi connectivity index (χ1v) is 13.5. The third kappa shape index (κ3) is 5.50. The highest BCUT2D eigenvalue weighted by Crippen LogP contribution is 2.28. The van der Waals surface area contributed by atoms with Crippen molar-refractivity contribution in [3.8, 4) is 5.75 Å². The van der Waals surface area contributed by atoms with E-state index in [1.54, 1.807) is 11.3 Å². The monoisotopic (exact) mass is 508 g/mol. The Balaban J connectivity index is 1.48. The summed E-state index contributed by atoms with van der Waals surface area (Å²) in [6.45, 7) is 7.28. The van der Waals surface area contributed by atoms with Crippen LogP contribution in [0.25, 0.3) is 10.9 Å². The number of fused-ring (bicyclic) bond motifs is 1. The first kappa shape index (κ1) is 24.6. The molecule has 1 aromatic carbocycles. The lowest BCUT2D eigenvalue weighted by molar-refractivity contribution is 0.0889. The van der Waals surface area contributed by atoms with E-state index in [9.17, 15) is 4.79 Å². The molecular formula is C26H32N6O3S. The molecule has 5 rings (SSSR count). The second kappa shape index (κ2) is 11.3. The van der Waals surface area contributed by atoms with E-state index in [1.165, 1.54) is 4.88 Å². The Morgan fingerprint density at radius 2 is 2.19 bits per heavy atom. The zero-order valence-corrected chi connectivity index (χ0v) is 21.5. The van der Waals surface area contributed by atoms with Gasteiger partial charge in [-0.05, 0) is 72.3 Å². The second-order valence-corrected chi connectivity index (χ2v) is 10.1. The van der Waals surface area contributed by atoms with Crippen molar-refractivity contribution in [3.05, 3.63) is 68.4 Å². The molecule has 0 radical (unpaired) electrons. The Morgan fingerprint density at radius 3 is 2.94 bits per heavy atom. The van der Waals surface area contributed by atoms with Crippen LogP contribution in [0.3, 0.4) is 0 Å². The van der Waals surface area contributed by atoms with Gasteiger partial charge in [0.05, 0.1) is 25.3 Å². The van der Waals surface area contributed by atoms with Gasteiger partial charge in [-0.2, -0.15) is 0 Å². The number of H-pyrrole nitrogens is 1. The van der Waals surface area contributed by atoms with Gasteiger partial charge in [-0.3, -0.25) is 9.69 Å². The lowest BCUT2D eigenvalue weighted by atomic mass is 10.1. The minimum absolute atomic E-state index is 0.0617. The third-order valence-corrected chi connectivity index (χ3v) is 7.46. The summed E-state index contributed by atoms with van der Waals surface area (Å²) in [5.41, 5.74) is 1.41. The lowest BCUT2D eigenvalue weighted by Gasteiger charge is -2.30. The summed E-state index contributed by atoms with van der Waals surface area (Å²) in [6.07, 6.45) is 3.03. The van der Waals surface area contributed by atoms with Crippen molar-refractivity contribution >= 4 is 22.2 Å². The highest BCUT2D eigenvalue weighted by Gasteiger charge is 2.28. The molecule has 0 bridgehead atoms. The van der Waals surface area contributed by atoms with Crippen molar-refractivity contribution in [1.29, 1.82) is 0 Å². The molecule has 3 aromatic heterocycles. The van der Waals surface area contributed by atoms with Crippen LogP contribution < -0.4 is 10.3 Å². The SMILES string of the molecule is CCOc1ccc2[nH]c(=O)c(CN(Cc3cccs3)[C@H](CC)c3nnnn3C[C@H]3CCCO3)cc2c1. The number of nitrogens with one attached hydrogen (secondary N) is 1. The predicted octanol–water partition coefficient (Wildman–Crippen LogP) is 4.31. The Bertz CT molecular complexity index is 1330. The maximum Gasteiger partial charge on any atom is 0.252 e. The molecular weight excluding hydrogens is 476 g/mol. The van der Waals surface area contributed by atoms with E-state index in [2.05, 4.69) is 49.8 Å². The van der Waals surface area contributed by atoms with Gasteiger partial charge in [0.2, 0.25) is 0 Å². The first-order valence-electron chi connectivity index (χ1n) is 12.6. The van der Waals surface area contributed by atoms with Gasteiger partial charge in [0, 0.05) is 41.0 Å². The molecule has 1 fully saturated rings. The number of thiophene rings is 1. The van der Waals surface area contributed by atoms with Crippen molar-refractivity contribution in [2.45, 2.75) is 64.9 Å². The minimum Gasteiger partial charge on any atom is -0.494 e. The number of aromatic amines is 1. The van der Waals surface area contributed by atoms with Crippen LogP contribution in [-0.2, 0) is 24.4 Å². The number of tetrazole rings is 1. The van der Waals surface area contributed by atoms with E-state index < -0.39 is 0 Å². The maximum absolute atomic E-state index is 13.1. The Hall–Kier alpha value is -3.08. The fourth-order valence-electron chi connectivity index (χ4n) is 4.87. The number of aromatic nitrogens is 5. The molecule has 0 spiro atoms. The first-order chi connectivity index (χ1) is 17.6. The van der Waals surface area contributed by atoms with Crippen LogP contribution in [0.15, 0.2) is 46.6 Å². The van der Waals surface area contributed by atoms with Crippen LogP contribution in [0.2, 0.25) is 0 Å². The van der Waals surface area contributed by atoms with E-state index in [-0.39, 0.29) is 17.7 Å². The summed E-state index contributed by atoms with van der Waals surface area (Å²) in [7, 11) is 0. The molecule has 0 saturated carbocycles. The number of benzene rings is 1. The van der Waals surface area contributed by atoms with Gasteiger partial charge in [-0.25, -0.2) is 4.68 Å². The molecule has 190 valence electrons. The van der Waals surface area contributed by atoms with E-state index in [1.807, 2.05) is 35.9 Å². The molecule has 0 aliphatic carbocycles. The number of ether oxygens (including phenoxy) is 2. The van der Waals surface area contributed by atoms with Crippen molar-refractivity contribution in [1.82, 2.24) is 30.1 Å². The van der Waals surface area contributed by atoms with E-state index in [0.29, 0.717) is 31.8 Å². The van der Waals surface area contributed by atoms with Gasteiger partial charge < -0.3 is 14.5 Å². The average Bonchev–Trinajstić information content (AvgIpc) is 3.65. The van der Waals surface area contributed by atoms with E-state index in [4.69, 9.17) is 9.47 Å². The molecule has 1 N–H and O–H groups in total. The number of hydrogen-bond donors (Lipinski definition) is 1. The highest BCUT2D eigenvalue weighted by atomic mass is 32.1. The molecule has 4 heterocycles. The number of hydrogen-bond acceptors (Lipinski definition) is 8. The zero-order chi connectivity index (χ0) is 24.9. The summed E-state index contributed by atoms with van der Waals surface area (Å²) in [6, 6.07) is 11.8. The topological polar surface area (TPSA) is 98.2 Å². The number of nitrogens with zero attached hydrogens (tertiary/aromatic N) is 5. The third-order valence-electron chi connectivity index (χ3n) is 6.60. The van der Waals surface area contributed by atoms with Crippen molar-refractivity contribution < 1.29 is 9.47 Å². The van der Waals surface area contributed by atoms with Crippen LogP contribution >= 0.6 is 11.3 Å². The second-order valence-electron chi connectivity index (χ2n) is 9.07. The molecule has 10 heteroatoms. The summed E-state index contributed by atoms with van der Waals surface area (Å²) in [4.78, 5) is 19.7. The zero-order valence-electron chi connectivity index (χ0n) is 20.7. The average molecular weight is 509 g/mol. The molecule has 1 saturated heterocycles. The lowest BCUT2D eigenvalue weighted by Crippen LogP contribution is -2.33. The van der Waals surface area contributed by atoms with Crippen molar-refractivity contribution in [2.24, 2.45) is 0 Å². The Labute approximate surface area is 214 Å². The molecule has 1 aliphatic heterocycles. The van der Waals surface area contributed by atoms with Crippen LogP contribution in [0.5, 0.6) is 5.75 Å². The molecule has 1 aliphatic rings. The number of rotatable bonds is 11. The molecule has 36 heavy (non-hydrogen) atoms. The quantitative estimate of drug-likeness (QED) is 0.322. The molecule has 4 aromatic rings. The summed E-state index contributed by atoms with van der Waals surface area (Å²) in [5, 5.41) is 15.8. The smallest absolute Gasteiger partial charge is 0.252 e. The van der Waals surface area contributed by atoms with Gasteiger partial charge >= 0.3 is 0 Å². The van der Waals surface area contributed by atoms with Gasteiger partial charge in [-0.1, -0.05) is 13.0 Å². The fraction of sp³-hybridized carbons (Fsp3) is 0.462. The van der Waals surface area contributed by atoms with Gasteiger partial charge in [0.15, 0.2) is 5.82 Å². The van der Waals surface area contributed by atoms with Gasteiger partial charge in [0.1, 0.15) is 5.75 Å². The Morgan fingerprint density at radius 1 is 1.28 bits per heavy atom. The largest absolute Gasteiger partial charge is 0.494 e. The maximum atomic E-state index is 13.1. The van der Waals surface area contributed by atoms with Gasteiger partial charge in [0.25, 0.3) is 5.56 Å². The summed E-state index contributed by atoms with van der Waals surface area (Å²) >= 11 is 1.71. The van der Waals surface area contributed by atoms with Crippen molar-refractivity contribution in [2.75, 3.05) is 13.2 Å². The highest BCUT2D eigenvalue weighted by molar-refractivity contribution is 7.09. The molecule has 9 nitrogen and oxygen atoms in total. The predicted molar refractivity (Wildman–Crippen MR) is 139 cm³/mol. The molecule has 2 atom stereocenters. The van der Waals surface area contributed by atoms with E-state index in [0.717, 1.165) is 48.3 Å². The minimum atomic E-state index is -0.0864. The Kier molecular flexibility index (Phi) is 7.74. The van der Waals surface area contributed by atoms with E-state index >= 15 is 0 Å².